The summed E-state index contributed by atoms with van der Waals surface area (Å²) in [6, 6.07) is 14.2. The molecule has 0 bridgehead atoms. The van der Waals surface area contributed by atoms with Crippen LogP contribution in [0.3, 0.4) is 0 Å². The van der Waals surface area contributed by atoms with Gasteiger partial charge in [-0.3, -0.25) is 4.79 Å². The Balaban J connectivity index is 1.75. The summed E-state index contributed by atoms with van der Waals surface area (Å²) in [4.78, 5) is 14.1. The van der Waals surface area contributed by atoms with Gasteiger partial charge in [-0.25, -0.2) is 0 Å². The van der Waals surface area contributed by atoms with Crippen LogP contribution >= 0.6 is 34.7 Å². The van der Waals surface area contributed by atoms with Gasteiger partial charge in [0.15, 0.2) is 5.78 Å². The lowest BCUT2D eigenvalue weighted by Gasteiger charge is -2.38. The number of rotatable bonds is 4. The summed E-state index contributed by atoms with van der Waals surface area (Å²) < 4.78 is 0. The average Bonchev–Trinajstić information content (AvgIpc) is 3.19. The largest absolute Gasteiger partial charge is 0.352 e. The number of benzene rings is 1. The molecule has 0 radical (unpaired) electrons. The number of nitriles is 1. The van der Waals surface area contributed by atoms with Crippen LogP contribution in [0.5, 0.6) is 0 Å². The number of carbonyl (C=O) groups excluding carboxylic acids is 1. The smallest absolute Gasteiger partial charge is 0.162 e. The minimum Gasteiger partial charge on any atom is -0.352 e. The predicted octanol–water partition coefficient (Wildman–Crippen LogP) is 6.40. The normalized spacial score (nSPS) is 20.9. The molecule has 0 saturated carbocycles. The van der Waals surface area contributed by atoms with Crippen molar-refractivity contribution >= 4 is 40.5 Å². The Hall–Kier alpha value is -2.00. The molecule has 3 nitrogen and oxygen atoms in total. The first-order chi connectivity index (χ1) is 13.9. The topological polar surface area (TPSA) is 52.9 Å². The number of Topliss-reactive ketones (excluding diaryl/α,β-unsaturated/α-hetero) is 1. The number of nitrogens with one attached hydrogen (secondary N) is 1. The quantitative estimate of drug-likeness (QED) is 0.597. The number of halogens is 1. The number of thiophene rings is 1. The molecule has 2 aliphatic rings. The molecule has 0 amide bonds. The van der Waals surface area contributed by atoms with E-state index in [0.29, 0.717) is 17.7 Å². The highest BCUT2D eigenvalue weighted by Gasteiger charge is 2.42. The lowest BCUT2D eigenvalue weighted by atomic mass is 9.70. The van der Waals surface area contributed by atoms with Crippen LogP contribution in [-0.2, 0) is 10.5 Å². The Labute approximate surface area is 184 Å². The third-order valence-electron chi connectivity index (χ3n) is 5.28. The summed E-state index contributed by atoms with van der Waals surface area (Å²) in [5.41, 5.74) is 3.29. The summed E-state index contributed by atoms with van der Waals surface area (Å²) in [6.45, 7) is 4.24. The molecule has 1 N–H and O–H groups in total. The Morgan fingerprint density at radius 2 is 2.07 bits per heavy atom. The van der Waals surface area contributed by atoms with Crippen molar-refractivity contribution in [3.8, 4) is 6.07 Å². The van der Waals surface area contributed by atoms with E-state index >= 15 is 0 Å². The molecule has 1 aromatic heterocycles. The van der Waals surface area contributed by atoms with E-state index in [4.69, 9.17) is 11.6 Å². The van der Waals surface area contributed by atoms with Gasteiger partial charge in [-0.1, -0.05) is 49.7 Å². The zero-order valence-corrected chi connectivity index (χ0v) is 18.7. The molecule has 6 heteroatoms. The van der Waals surface area contributed by atoms with Gasteiger partial charge in [0.2, 0.25) is 0 Å². The van der Waals surface area contributed by atoms with Crippen molar-refractivity contribution in [2.75, 3.05) is 0 Å². The third kappa shape index (κ3) is 4.02. The van der Waals surface area contributed by atoms with E-state index in [0.717, 1.165) is 38.2 Å². The maximum Gasteiger partial charge on any atom is 0.162 e. The Morgan fingerprint density at radius 1 is 1.28 bits per heavy atom. The fourth-order valence-corrected chi connectivity index (χ4v) is 6.19. The van der Waals surface area contributed by atoms with Gasteiger partial charge in [0.05, 0.1) is 22.6 Å². The molecule has 1 aliphatic heterocycles. The lowest BCUT2D eigenvalue weighted by Crippen LogP contribution is -2.36. The van der Waals surface area contributed by atoms with Crippen molar-refractivity contribution in [3.05, 3.63) is 79.1 Å². The first-order valence-electron chi connectivity index (χ1n) is 9.47. The molecule has 2 aromatic rings. The molecular formula is C23H21ClN2OS2. The summed E-state index contributed by atoms with van der Waals surface area (Å²) in [5.74, 6) is 0.517. The molecule has 0 unspecified atom stereocenters. The summed E-state index contributed by atoms with van der Waals surface area (Å²) in [7, 11) is 0. The van der Waals surface area contributed by atoms with Crippen molar-refractivity contribution in [3.63, 3.8) is 0 Å². The van der Waals surface area contributed by atoms with Gasteiger partial charge >= 0.3 is 0 Å². The van der Waals surface area contributed by atoms with Crippen LogP contribution in [0, 0.1) is 16.7 Å². The molecule has 0 fully saturated rings. The number of allylic oxidation sites excluding steroid dienone is 3. The van der Waals surface area contributed by atoms with E-state index in [1.54, 1.807) is 23.1 Å². The molecule has 2 heterocycles. The van der Waals surface area contributed by atoms with Crippen LogP contribution in [-0.4, -0.2) is 5.78 Å². The minimum atomic E-state index is -0.284. The molecule has 29 heavy (non-hydrogen) atoms. The second-order valence-electron chi connectivity index (χ2n) is 8.14. The van der Waals surface area contributed by atoms with Crippen LogP contribution in [0.4, 0.5) is 0 Å². The number of thioether (sulfide) groups is 1. The molecule has 0 spiro atoms. The molecule has 0 saturated heterocycles. The molecular weight excluding hydrogens is 420 g/mol. The van der Waals surface area contributed by atoms with E-state index in [2.05, 4.69) is 25.2 Å². The van der Waals surface area contributed by atoms with Crippen molar-refractivity contribution in [1.82, 2.24) is 5.32 Å². The van der Waals surface area contributed by atoms with E-state index < -0.39 is 0 Å². The molecule has 1 atom stereocenters. The van der Waals surface area contributed by atoms with E-state index in [9.17, 15) is 10.1 Å². The van der Waals surface area contributed by atoms with Crippen LogP contribution in [0.2, 0.25) is 5.02 Å². The van der Waals surface area contributed by atoms with Gasteiger partial charge in [0.25, 0.3) is 0 Å². The number of hydrogen-bond acceptors (Lipinski definition) is 5. The zero-order chi connectivity index (χ0) is 20.6. The minimum absolute atomic E-state index is 0.0917. The second-order valence-corrected chi connectivity index (χ2v) is 10.5. The Bertz CT molecular complexity index is 1060. The number of carbonyl (C=O) groups is 1. The van der Waals surface area contributed by atoms with Crippen LogP contribution < -0.4 is 5.32 Å². The first kappa shape index (κ1) is 20.3. The van der Waals surface area contributed by atoms with Crippen molar-refractivity contribution in [1.29, 1.82) is 5.26 Å². The number of dihydropyridines is 1. The molecule has 4 rings (SSSR count). The monoisotopic (exact) mass is 440 g/mol. The van der Waals surface area contributed by atoms with E-state index in [-0.39, 0.29) is 17.1 Å². The van der Waals surface area contributed by atoms with Crippen LogP contribution in [0.25, 0.3) is 0 Å². The van der Waals surface area contributed by atoms with Crippen LogP contribution in [0.15, 0.2) is 63.7 Å². The van der Waals surface area contributed by atoms with Gasteiger partial charge in [0, 0.05) is 33.3 Å². The van der Waals surface area contributed by atoms with Crippen molar-refractivity contribution < 1.29 is 4.79 Å². The van der Waals surface area contributed by atoms with Crippen LogP contribution in [0.1, 0.15) is 43.0 Å². The van der Waals surface area contributed by atoms with Gasteiger partial charge in [0.1, 0.15) is 0 Å². The maximum atomic E-state index is 13.1. The third-order valence-corrected chi connectivity index (χ3v) is 7.66. The van der Waals surface area contributed by atoms with Gasteiger partial charge < -0.3 is 5.32 Å². The fraction of sp³-hybridized carbons (Fsp3) is 0.304. The Morgan fingerprint density at radius 3 is 2.76 bits per heavy atom. The van der Waals surface area contributed by atoms with Gasteiger partial charge in [-0.2, -0.15) is 5.26 Å². The molecule has 1 aliphatic carbocycles. The number of hydrogen-bond donors (Lipinski definition) is 1. The molecule has 1 aromatic carbocycles. The average molecular weight is 441 g/mol. The predicted molar refractivity (Wildman–Crippen MR) is 121 cm³/mol. The number of nitrogens with zero attached hydrogens (tertiary/aromatic N) is 1. The second kappa shape index (κ2) is 8.02. The Kier molecular flexibility index (Phi) is 5.61. The summed E-state index contributed by atoms with van der Waals surface area (Å²) in [5, 5.41) is 17.1. The summed E-state index contributed by atoms with van der Waals surface area (Å²) >= 11 is 9.49. The summed E-state index contributed by atoms with van der Waals surface area (Å²) in [6.07, 6.45) is 1.31. The zero-order valence-electron chi connectivity index (χ0n) is 16.3. The van der Waals surface area contributed by atoms with E-state index in [1.165, 1.54) is 0 Å². The van der Waals surface area contributed by atoms with Gasteiger partial charge in [-0.15, -0.1) is 23.1 Å². The maximum absolute atomic E-state index is 13.1. The van der Waals surface area contributed by atoms with Crippen molar-refractivity contribution in [2.24, 2.45) is 5.41 Å². The highest BCUT2D eigenvalue weighted by Crippen LogP contribution is 2.49. The van der Waals surface area contributed by atoms with E-state index in [1.807, 2.05) is 41.8 Å². The highest BCUT2D eigenvalue weighted by atomic mass is 35.5. The van der Waals surface area contributed by atoms with Crippen molar-refractivity contribution in [2.45, 2.75) is 38.4 Å². The fourth-order valence-electron chi connectivity index (χ4n) is 4.00. The number of ketones is 1. The standard InChI is InChI=1S/C23H21ClN2OS2/c1-23(2)10-17-21(18(27)11-23)20(19-8-5-9-28-19)15(12-25)22(26-17)29-13-14-6-3-4-7-16(14)24/h3-9,20,26H,10-11,13H2,1-2H3/t20-/m0/s1. The van der Waals surface area contributed by atoms with Gasteiger partial charge in [-0.05, 0) is 34.9 Å². The SMILES string of the molecule is CC1(C)CC(=O)C2=C(C1)NC(SCc1ccccc1Cl)=C(C#N)[C@H]2c1cccs1. The highest BCUT2D eigenvalue weighted by molar-refractivity contribution is 8.02. The lowest BCUT2D eigenvalue weighted by molar-refractivity contribution is -0.118. The molecule has 148 valence electrons. The first-order valence-corrected chi connectivity index (χ1v) is 11.7.